The van der Waals surface area contributed by atoms with Crippen molar-refractivity contribution in [1.29, 1.82) is 0 Å². The fourth-order valence-corrected chi connectivity index (χ4v) is 2.79. The summed E-state index contributed by atoms with van der Waals surface area (Å²) in [6.45, 7) is 3.56. The van der Waals surface area contributed by atoms with E-state index in [0.717, 1.165) is 0 Å². The van der Waals surface area contributed by atoms with Crippen molar-refractivity contribution in [3.05, 3.63) is 41.5 Å². The summed E-state index contributed by atoms with van der Waals surface area (Å²) in [6.07, 6.45) is 1.18. The molecule has 0 saturated heterocycles. The highest BCUT2D eigenvalue weighted by Crippen LogP contribution is 2.16. The molecule has 0 unspecified atom stereocenters. The van der Waals surface area contributed by atoms with E-state index >= 15 is 0 Å². The van der Waals surface area contributed by atoms with Crippen LogP contribution in [0.5, 0.6) is 5.88 Å². The predicted octanol–water partition coefficient (Wildman–Crippen LogP) is 1.56. The van der Waals surface area contributed by atoms with Gasteiger partial charge in [-0.1, -0.05) is 0 Å². The van der Waals surface area contributed by atoms with Crippen molar-refractivity contribution in [3.8, 4) is 5.88 Å². The standard InChI is InChI=1S/C14H16N2O6S/c1-3-21-13-5-4-11(8-15-13)23(19,20)16-7-10-6-12(14(17)18)9(2)22-10/h4-6,8,16H,3,7H2,1-2H3,(H,17,18). The van der Waals surface area contributed by atoms with Gasteiger partial charge in [-0.25, -0.2) is 22.9 Å². The van der Waals surface area contributed by atoms with E-state index in [1.54, 1.807) is 6.92 Å². The van der Waals surface area contributed by atoms with Crippen molar-refractivity contribution in [3.63, 3.8) is 0 Å². The Morgan fingerprint density at radius 2 is 2.17 bits per heavy atom. The van der Waals surface area contributed by atoms with Crippen LogP contribution in [-0.4, -0.2) is 31.1 Å². The number of carboxylic acids is 1. The summed E-state index contributed by atoms with van der Waals surface area (Å²) in [5.41, 5.74) is 0.00179. The Morgan fingerprint density at radius 3 is 2.70 bits per heavy atom. The van der Waals surface area contributed by atoms with Gasteiger partial charge in [0.1, 0.15) is 22.0 Å². The van der Waals surface area contributed by atoms with E-state index in [1.165, 1.54) is 31.3 Å². The molecule has 0 radical (unpaired) electrons. The summed E-state index contributed by atoms with van der Waals surface area (Å²) in [4.78, 5) is 14.8. The lowest BCUT2D eigenvalue weighted by Crippen LogP contribution is -2.23. The van der Waals surface area contributed by atoms with Crippen LogP contribution < -0.4 is 9.46 Å². The lowest BCUT2D eigenvalue weighted by atomic mass is 10.2. The second kappa shape index (κ2) is 6.80. The first kappa shape index (κ1) is 17.0. The van der Waals surface area contributed by atoms with Crippen LogP contribution in [0.15, 0.2) is 33.7 Å². The molecule has 0 aliphatic rings. The molecule has 0 spiro atoms. The summed E-state index contributed by atoms with van der Waals surface area (Å²) < 4.78 is 37.0. The Bertz CT molecular complexity index is 795. The first-order chi connectivity index (χ1) is 10.8. The molecule has 0 fully saturated rings. The number of pyridine rings is 1. The Hall–Kier alpha value is -2.39. The number of aromatic carboxylic acids is 1. The highest BCUT2D eigenvalue weighted by Gasteiger charge is 2.18. The van der Waals surface area contributed by atoms with Gasteiger partial charge in [0.2, 0.25) is 15.9 Å². The topological polar surface area (TPSA) is 119 Å². The number of sulfonamides is 1. The number of aryl methyl sites for hydroxylation is 1. The van der Waals surface area contributed by atoms with Crippen molar-refractivity contribution in [2.45, 2.75) is 25.3 Å². The molecule has 0 saturated carbocycles. The van der Waals surface area contributed by atoms with Gasteiger partial charge in [0.05, 0.1) is 19.3 Å². The van der Waals surface area contributed by atoms with Crippen molar-refractivity contribution >= 4 is 16.0 Å². The SMILES string of the molecule is CCOc1ccc(S(=O)(=O)NCc2cc(C(=O)O)c(C)o2)cn1. The van der Waals surface area contributed by atoms with Gasteiger partial charge >= 0.3 is 5.97 Å². The Kier molecular flexibility index (Phi) is 5.02. The Labute approximate surface area is 133 Å². The fourth-order valence-electron chi connectivity index (χ4n) is 1.85. The quantitative estimate of drug-likeness (QED) is 0.785. The molecule has 0 atom stereocenters. The van der Waals surface area contributed by atoms with E-state index in [2.05, 4.69) is 9.71 Å². The van der Waals surface area contributed by atoms with Gasteiger partial charge in [0.25, 0.3) is 0 Å². The smallest absolute Gasteiger partial charge is 0.339 e. The monoisotopic (exact) mass is 340 g/mol. The number of carboxylic acid groups (broad SMARTS) is 1. The molecular formula is C14H16N2O6S. The number of rotatable bonds is 7. The van der Waals surface area contributed by atoms with Crippen molar-refractivity contribution in [1.82, 2.24) is 9.71 Å². The minimum absolute atomic E-state index is 0.00179. The van der Waals surface area contributed by atoms with Gasteiger partial charge in [0.15, 0.2) is 0 Å². The number of nitrogens with one attached hydrogen (secondary N) is 1. The van der Waals surface area contributed by atoms with Gasteiger partial charge < -0.3 is 14.3 Å². The molecule has 0 amide bonds. The maximum atomic E-state index is 12.2. The van der Waals surface area contributed by atoms with Gasteiger partial charge in [-0.3, -0.25) is 0 Å². The van der Waals surface area contributed by atoms with Crippen LogP contribution in [0.3, 0.4) is 0 Å². The van der Waals surface area contributed by atoms with Crippen LogP contribution in [0.4, 0.5) is 0 Å². The Morgan fingerprint density at radius 1 is 1.43 bits per heavy atom. The van der Waals surface area contributed by atoms with Crippen LogP contribution in [0.1, 0.15) is 28.8 Å². The molecule has 0 bridgehead atoms. The molecule has 9 heteroatoms. The van der Waals surface area contributed by atoms with E-state index in [4.69, 9.17) is 14.3 Å². The molecule has 2 N–H and O–H groups in total. The predicted molar refractivity (Wildman–Crippen MR) is 79.8 cm³/mol. The van der Waals surface area contributed by atoms with Crippen LogP contribution in [-0.2, 0) is 16.6 Å². The number of ether oxygens (including phenoxy) is 1. The van der Waals surface area contributed by atoms with Gasteiger partial charge in [-0.15, -0.1) is 0 Å². The summed E-state index contributed by atoms with van der Waals surface area (Å²) >= 11 is 0. The molecule has 2 heterocycles. The van der Waals surface area contributed by atoms with Crippen molar-refractivity contribution in [2.24, 2.45) is 0 Å². The number of nitrogens with zero attached hydrogens (tertiary/aromatic N) is 1. The third-order valence-corrected chi connectivity index (χ3v) is 4.33. The van der Waals surface area contributed by atoms with E-state index in [1.807, 2.05) is 0 Å². The largest absolute Gasteiger partial charge is 0.478 e. The van der Waals surface area contributed by atoms with E-state index < -0.39 is 16.0 Å². The zero-order valence-electron chi connectivity index (χ0n) is 12.6. The minimum atomic E-state index is -3.79. The molecule has 23 heavy (non-hydrogen) atoms. The number of furan rings is 1. The highest BCUT2D eigenvalue weighted by molar-refractivity contribution is 7.89. The number of carbonyl (C=O) groups is 1. The van der Waals surface area contributed by atoms with Crippen molar-refractivity contribution in [2.75, 3.05) is 6.61 Å². The van der Waals surface area contributed by atoms with E-state index in [-0.39, 0.29) is 28.5 Å². The summed E-state index contributed by atoms with van der Waals surface area (Å²) in [5, 5.41) is 8.94. The molecule has 124 valence electrons. The maximum absolute atomic E-state index is 12.2. The zero-order chi connectivity index (χ0) is 17.0. The van der Waals surface area contributed by atoms with Crippen molar-refractivity contribution < 1.29 is 27.5 Å². The summed E-state index contributed by atoms with van der Waals surface area (Å²) in [7, 11) is -3.79. The first-order valence-electron chi connectivity index (χ1n) is 6.74. The second-order valence-electron chi connectivity index (χ2n) is 4.58. The average Bonchev–Trinajstić information content (AvgIpc) is 2.88. The normalized spacial score (nSPS) is 11.4. The maximum Gasteiger partial charge on any atom is 0.339 e. The third kappa shape index (κ3) is 4.08. The zero-order valence-corrected chi connectivity index (χ0v) is 13.4. The highest BCUT2D eigenvalue weighted by atomic mass is 32.2. The van der Waals surface area contributed by atoms with Crippen LogP contribution in [0.25, 0.3) is 0 Å². The molecule has 2 rings (SSSR count). The lowest BCUT2D eigenvalue weighted by Gasteiger charge is -2.06. The molecule has 2 aromatic heterocycles. The Balaban J connectivity index is 2.09. The number of aromatic nitrogens is 1. The van der Waals surface area contributed by atoms with Crippen LogP contribution >= 0.6 is 0 Å². The minimum Gasteiger partial charge on any atom is -0.478 e. The van der Waals surface area contributed by atoms with Gasteiger partial charge in [-0.05, 0) is 26.0 Å². The molecule has 0 aliphatic carbocycles. The fraction of sp³-hybridized carbons (Fsp3) is 0.286. The first-order valence-corrected chi connectivity index (χ1v) is 8.23. The van der Waals surface area contributed by atoms with Crippen LogP contribution in [0.2, 0.25) is 0 Å². The molecule has 2 aromatic rings. The molecule has 8 nitrogen and oxygen atoms in total. The van der Waals surface area contributed by atoms with Gasteiger partial charge in [-0.2, -0.15) is 0 Å². The number of hydrogen-bond donors (Lipinski definition) is 2. The molecular weight excluding hydrogens is 324 g/mol. The van der Waals surface area contributed by atoms with E-state index in [9.17, 15) is 13.2 Å². The average molecular weight is 340 g/mol. The third-order valence-electron chi connectivity index (χ3n) is 2.95. The molecule has 0 aromatic carbocycles. The van der Waals surface area contributed by atoms with Gasteiger partial charge in [0, 0.05) is 6.07 Å². The second-order valence-corrected chi connectivity index (χ2v) is 6.34. The summed E-state index contributed by atoms with van der Waals surface area (Å²) in [5.74, 6) is -0.368. The molecule has 0 aliphatic heterocycles. The number of hydrogen-bond acceptors (Lipinski definition) is 6. The van der Waals surface area contributed by atoms with E-state index in [0.29, 0.717) is 12.5 Å². The lowest BCUT2D eigenvalue weighted by molar-refractivity contribution is 0.0695. The van der Waals surface area contributed by atoms with Crippen LogP contribution in [0, 0.1) is 6.92 Å². The summed E-state index contributed by atoms with van der Waals surface area (Å²) in [6, 6.07) is 4.12.